The number of halogens is 1. The summed E-state index contributed by atoms with van der Waals surface area (Å²) < 4.78 is 0.415. The zero-order chi connectivity index (χ0) is 8.27. The highest BCUT2D eigenvalue weighted by molar-refractivity contribution is 8.11. The summed E-state index contributed by atoms with van der Waals surface area (Å²) in [4.78, 5) is 0. The summed E-state index contributed by atoms with van der Waals surface area (Å²) in [6, 6.07) is 7.36. The van der Waals surface area contributed by atoms with Crippen molar-refractivity contribution in [2.75, 3.05) is 5.32 Å². The summed E-state index contributed by atoms with van der Waals surface area (Å²) in [5.41, 5.74) is 0.786. The van der Waals surface area contributed by atoms with Crippen LogP contribution in [0.15, 0.2) is 24.3 Å². The van der Waals surface area contributed by atoms with E-state index in [1.54, 1.807) is 6.07 Å². The number of nitrogens with one attached hydrogen (secondary N) is 1. The van der Waals surface area contributed by atoms with Gasteiger partial charge in [0.15, 0.2) is 0 Å². The summed E-state index contributed by atoms with van der Waals surface area (Å²) in [5.74, 6) is 0. The highest BCUT2D eigenvalue weighted by Crippen LogP contribution is 2.20. The average molecular weight is 221 g/mol. The second-order valence-corrected chi connectivity index (χ2v) is 3.48. The first-order valence-corrected chi connectivity index (χ1v) is 4.18. The van der Waals surface area contributed by atoms with Gasteiger partial charge in [-0.05, 0) is 12.1 Å². The molecule has 2 nitrogen and oxygen atoms in total. The molecule has 66 valence electrons. The van der Waals surface area contributed by atoms with Gasteiger partial charge in [-0.3, -0.25) is 0 Å². The van der Waals surface area contributed by atoms with Gasteiger partial charge in [-0.1, -0.05) is 36.0 Å². The van der Waals surface area contributed by atoms with Crippen molar-refractivity contribution in [3.63, 3.8) is 0 Å². The minimum Gasteiger partial charge on any atom is -0.344 e. The standard InChI is InChI=1S/C7H6ClNS2.H3N/c8-5-3-1-2-4-6(5)9-7(10)11;/h1-4H,(H2,9,10,11);1H3. The van der Waals surface area contributed by atoms with E-state index in [1.165, 1.54) is 0 Å². The molecular formula is C7H9ClN2S2. The summed E-state index contributed by atoms with van der Waals surface area (Å²) in [5, 5.41) is 3.48. The zero-order valence-electron chi connectivity index (χ0n) is 6.25. The minimum atomic E-state index is 0. The number of thiol groups is 1. The van der Waals surface area contributed by atoms with Gasteiger partial charge in [0.1, 0.15) is 4.32 Å². The molecule has 1 aromatic rings. The van der Waals surface area contributed by atoms with Crippen molar-refractivity contribution >= 4 is 46.5 Å². The van der Waals surface area contributed by atoms with Crippen LogP contribution >= 0.6 is 36.4 Å². The van der Waals surface area contributed by atoms with E-state index in [0.29, 0.717) is 9.34 Å². The van der Waals surface area contributed by atoms with Gasteiger partial charge in [-0.25, -0.2) is 0 Å². The van der Waals surface area contributed by atoms with Crippen LogP contribution in [-0.2, 0) is 0 Å². The second kappa shape index (κ2) is 5.37. The molecule has 0 aliphatic heterocycles. The number of anilines is 1. The molecular weight excluding hydrogens is 212 g/mol. The van der Waals surface area contributed by atoms with Gasteiger partial charge in [0.05, 0.1) is 10.7 Å². The van der Waals surface area contributed by atoms with E-state index in [4.69, 9.17) is 23.8 Å². The third-order valence-electron chi connectivity index (χ3n) is 1.12. The Morgan fingerprint density at radius 2 is 2.00 bits per heavy atom. The van der Waals surface area contributed by atoms with Crippen LogP contribution in [0.25, 0.3) is 0 Å². The lowest BCUT2D eigenvalue weighted by Gasteiger charge is -2.03. The Morgan fingerprint density at radius 1 is 1.42 bits per heavy atom. The van der Waals surface area contributed by atoms with Crippen LogP contribution in [0.5, 0.6) is 0 Å². The Labute approximate surface area is 87.3 Å². The van der Waals surface area contributed by atoms with Gasteiger partial charge < -0.3 is 11.5 Å². The molecule has 4 N–H and O–H groups in total. The van der Waals surface area contributed by atoms with Gasteiger partial charge in [0, 0.05) is 0 Å². The minimum absolute atomic E-state index is 0. The molecule has 1 aromatic carbocycles. The normalized spacial score (nSPS) is 8.50. The first kappa shape index (κ1) is 11.7. The fourth-order valence-electron chi connectivity index (χ4n) is 0.678. The van der Waals surface area contributed by atoms with Crippen molar-refractivity contribution in [2.24, 2.45) is 0 Å². The Hall–Kier alpha value is -0.290. The van der Waals surface area contributed by atoms with E-state index >= 15 is 0 Å². The second-order valence-electron chi connectivity index (χ2n) is 1.91. The highest BCUT2D eigenvalue weighted by atomic mass is 35.5. The fourth-order valence-corrected chi connectivity index (χ4v) is 1.09. The van der Waals surface area contributed by atoms with Crippen LogP contribution in [-0.4, -0.2) is 4.32 Å². The number of para-hydroxylation sites is 1. The fraction of sp³-hybridized carbons (Fsp3) is 0. The largest absolute Gasteiger partial charge is 0.344 e. The third-order valence-corrected chi connectivity index (χ3v) is 1.66. The lowest BCUT2D eigenvalue weighted by molar-refractivity contribution is 1.66. The third kappa shape index (κ3) is 3.40. The summed E-state index contributed by atoms with van der Waals surface area (Å²) >= 11 is 14.5. The molecule has 0 bridgehead atoms. The summed E-state index contributed by atoms with van der Waals surface area (Å²) in [6.07, 6.45) is 0. The quantitative estimate of drug-likeness (QED) is 0.504. The van der Waals surface area contributed by atoms with Gasteiger partial charge in [0.2, 0.25) is 0 Å². The Balaban J connectivity index is 0.00000121. The molecule has 0 saturated carbocycles. The van der Waals surface area contributed by atoms with Crippen molar-refractivity contribution in [3.05, 3.63) is 29.3 Å². The van der Waals surface area contributed by atoms with Crippen molar-refractivity contribution in [1.82, 2.24) is 6.15 Å². The van der Waals surface area contributed by atoms with Crippen molar-refractivity contribution in [3.8, 4) is 0 Å². The van der Waals surface area contributed by atoms with Crippen LogP contribution in [0, 0.1) is 0 Å². The van der Waals surface area contributed by atoms with E-state index < -0.39 is 0 Å². The van der Waals surface area contributed by atoms with E-state index in [2.05, 4.69) is 17.9 Å². The van der Waals surface area contributed by atoms with E-state index in [9.17, 15) is 0 Å². The van der Waals surface area contributed by atoms with E-state index in [-0.39, 0.29) is 6.15 Å². The number of rotatable bonds is 1. The van der Waals surface area contributed by atoms with E-state index in [0.717, 1.165) is 5.69 Å². The van der Waals surface area contributed by atoms with Gasteiger partial charge >= 0.3 is 0 Å². The van der Waals surface area contributed by atoms with Crippen LogP contribution in [0.1, 0.15) is 0 Å². The first-order valence-electron chi connectivity index (χ1n) is 2.94. The molecule has 5 heteroatoms. The predicted molar refractivity (Wildman–Crippen MR) is 61.7 cm³/mol. The van der Waals surface area contributed by atoms with Crippen molar-refractivity contribution < 1.29 is 0 Å². The van der Waals surface area contributed by atoms with Crippen LogP contribution < -0.4 is 11.5 Å². The predicted octanol–water partition coefficient (Wildman–Crippen LogP) is 3.13. The van der Waals surface area contributed by atoms with Gasteiger partial charge in [0.25, 0.3) is 0 Å². The molecule has 0 aromatic heterocycles. The molecule has 0 amide bonds. The molecule has 1 rings (SSSR count). The number of hydrogen-bond acceptors (Lipinski definition) is 2. The Morgan fingerprint density at radius 3 is 2.50 bits per heavy atom. The molecule has 0 atom stereocenters. The summed E-state index contributed by atoms with van der Waals surface area (Å²) in [7, 11) is 0. The maximum absolute atomic E-state index is 5.81. The lowest BCUT2D eigenvalue weighted by atomic mass is 10.3. The lowest BCUT2D eigenvalue weighted by Crippen LogP contribution is -2.00. The van der Waals surface area contributed by atoms with E-state index in [1.807, 2.05) is 18.2 Å². The highest BCUT2D eigenvalue weighted by Gasteiger charge is 1.96. The first-order chi connectivity index (χ1) is 5.20. The van der Waals surface area contributed by atoms with Crippen LogP contribution in [0.2, 0.25) is 5.02 Å². The zero-order valence-corrected chi connectivity index (χ0v) is 8.72. The van der Waals surface area contributed by atoms with Crippen LogP contribution in [0.3, 0.4) is 0 Å². The molecule has 0 aliphatic rings. The number of hydrogen-bond donors (Lipinski definition) is 3. The maximum atomic E-state index is 5.81. The smallest absolute Gasteiger partial charge is 0.135 e. The average Bonchev–Trinajstić information content (AvgIpc) is 1.93. The van der Waals surface area contributed by atoms with Gasteiger partial charge in [-0.2, -0.15) is 0 Å². The Kier molecular flexibility index (Phi) is 5.24. The van der Waals surface area contributed by atoms with Crippen molar-refractivity contribution in [2.45, 2.75) is 0 Å². The molecule has 0 aliphatic carbocycles. The molecule has 0 radical (unpaired) electrons. The maximum Gasteiger partial charge on any atom is 0.135 e. The molecule has 0 unspecified atom stereocenters. The molecule has 0 saturated heterocycles. The number of thiocarbonyl (C=S) groups is 1. The van der Waals surface area contributed by atoms with Crippen LogP contribution in [0.4, 0.5) is 5.69 Å². The number of benzene rings is 1. The molecule has 0 heterocycles. The summed E-state index contributed by atoms with van der Waals surface area (Å²) in [6.45, 7) is 0. The van der Waals surface area contributed by atoms with Gasteiger partial charge in [-0.15, -0.1) is 12.6 Å². The topological polar surface area (TPSA) is 47.0 Å². The molecule has 12 heavy (non-hydrogen) atoms. The SMILES string of the molecule is N.S=C(S)Nc1ccccc1Cl. The molecule has 0 fully saturated rings. The molecule has 0 spiro atoms. The monoisotopic (exact) mass is 220 g/mol. The Bertz CT molecular complexity index is 278. The van der Waals surface area contributed by atoms with Crippen molar-refractivity contribution in [1.29, 1.82) is 0 Å².